The maximum absolute atomic E-state index is 4.48. The van der Waals surface area contributed by atoms with E-state index in [1.807, 2.05) is 0 Å². The molecule has 86 valence electrons. The van der Waals surface area contributed by atoms with Crippen molar-refractivity contribution in [3.63, 3.8) is 0 Å². The second kappa shape index (κ2) is 6.89. The fourth-order valence-corrected chi connectivity index (χ4v) is 7.27. The van der Waals surface area contributed by atoms with Gasteiger partial charge in [0.1, 0.15) is 0 Å². The predicted molar refractivity (Wildman–Crippen MR) is 60.0 cm³/mol. The van der Waals surface area contributed by atoms with Crippen molar-refractivity contribution < 1.29 is 46.1 Å². The minimum absolute atomic E-state index is 0. The van der Waals surface area contributed by atoms with E-state index in [1.54, 1.807) is 6.56 Å². The predicted octanol–water partition coefficient (Wildman–Crippen LogP) is -2.49. The molecule has 2 aliphatic carbocycles. The molecule has 0 radical (unpaired) electrons. The molecule has 3 heteroatoms. The van der Waals surface area contributed by atoms with Crippen molar-refractivity contribution in [3.8, 4) is 0 Å². The van der Waals surface area contributed by atoms with E-state index in [0.29, 0.717) is 0 Å². The molecule has 0 bridgehead atoms. The van der Waals surface area contributed by atoms with E-state index in [1.165, 1.54) is 24.0 Å². The van der Waals surface area contributed by atoms with Crippen molar-refractivity contribution in [2.75, 3.05) is 0 Å². The summed E-state index contributed by atoms with van der Waals surface area (Å²) in [6.07, 6.45) is 11.5. The summed E-state index contributed by atoms with van der Waals surface area (Å²) >= 11 is -1.62. The van der Waals surface area contributed by atoms with Gasteiger partial charge in [0.05, 0.1) is 0 Å². The summed E-state index contributed by atoms with van der Waals surface area (Å²) in [5.74, 6) is 0. The molecule has 0 aliphatic heterocycles. The van der Waals surface area contributed by atoms with Crippen LogP contribution in [0.15, 0.2) is 42.0 Å². The van der Waals surface area contributed by atoms with Gasteiger partial charge in [0, 0.05) is 0 Å². The van der Waals surface area contributed by atoms with Gasteiger partial charge in [0.25, 0.3) is 0 Å². The normalized spacial score (nSPS) is 17.1. The first-order valence-electron chi connectivity index (χ1n) is 5.11. The zero-order valence-electron chi connectivity index (χ0n) is 9.69. The van der Waals surface area contributed by atoms with Crippen LogP contribution in [0.1, 0.15) is 26.7 Å². The molecule has 2 aliphatic rings. The van der Waals surface area contributed by atoms with Gasteiger partial charge in [-0.2, -0.15) is 0 Å². The molecule has 0 saturated heterocycles. The third-order valence-electron chi connectivity index (χ3n) is 2.92. The third kappa shape index (κ3) is 3.39. The summed E-state index contributed by atoms with van der Waals surface area (Å²) in [6.45, 7) is 4.48. The Kier molecular flexibility index (Phi) is 7.02. The number of halogens is 2. The average Bonchev–Trinajstić information content (AvgIpc) is 2.73. The van der Waals surface area contributed by atoms with Gasteiger partial charge in [0.2, 0.25) is 0 Å². The minimum Gasteiger partial charge on any atom is -1.00 e. The Morgan fingerprint density at radius 2 is 1.94 bits per heavy atom. The zero-order chi connectivity index (χ0) is 10.1. The van der Waals surface area contributed by atoms with E-state index in [9.17, 15) is 0 Å². The van der Waals surface area contributed by atoms with Crippen LogP contribution in [-0.2, 0) is 21.3 Å². The number of allylic oxidation sites excluding steroid dienone is 8. The van der Waals surface area contributed by atoms with Crippen LogP contribution in [-0.4, -0.2) is 4.21 Å². The van der Waals surface area contributed by atoms with E-state index < -0.39 is 21.3 Å². The molecule has 0 spiro atoms. The van der Waals surface area contributed by atoms with Gasteiger partial charge in [0.15, 0.2) is 0 Å². The average molecular weight is 334 g/mol. The van der Waals surface area contributed by atoms with E-state index in [-0.39, 0.29) is 24.8 Å². The summed E-state index contributed by atoms with van der Waals surface area (Å²) in [5.41, 5.74) is 3.03. The van der Waals surface area contributed by atoms with Crippen LogP contribution >= 0.6 is 0 Å². The first-order chi connectivity index (χ1) is 6.68. The van der Waals surface area contributed by atoms with E-state index in [0.717, 1.165) is 0 Å². The number of rotatable bonds is 2. The molecule has 0 amide bonds. The van der Waals surface area contributed by atoms with E-state index in [4.69, 9.17) is 0 Å². The van der Waals surface area contributed by atoms with E-state index >= 15 is 0 Å². The third-order valence-corrected chi connectivity index (χ3v) is 8.93. The number of hydrogen-bond acceptors (Lipinski definition) is 0. The Balaban J connectivity index is 0.00000112. The second-order valence-corrected chi connectivity index (χ2v) is 9.55. The first-order valence-corrected chi connectivity index (χ1v) is 9.30. The van der Waals surface area contributed by atoms with Crippen molar-refractivity contribution in [1.29, 1.82) is 0 Å². The standard InChI is InChI=1S/C7H9.C5H5.CH2.2ClH.Zr/c1-6-3-4-7(2)5-6;1-2-4-5-3-1;;;;/h5H,3H2,1-2H3;1-3H,4H2;1H2;2*1H;/q;;;;;+2/p-2. The summed E-state index contributed by atoms with van der Waals surface area (Å²) in [7, 11) is 0. The molecular weight excluding hydrogens is 318 g/mol. The molecule has 0 unspecified atom stereocenters. The van der Waals surface area contributed by atoms with Crippen molar-refractivity contribution in [3.05, 3.63) is 42.0 Å². The molecule has 0 N–H and O–H groups in total. The van der Waals surface area contributed by atoms with Crippen LogP contribution in [0.4, 0.5) is 0 Å². The van der Waals surface area contributed by atoms with Crippen LogP contribution in [0.2, 0.25) is 0 Å². The molecule has 0 saturated carbocycles. The summed E-state index contributed by atoms with van der Waals surface area (Å²) in [5, 5.41) is 0. The molecule has 0 heterocycles. The molecule has 0 aromatic rings. The van der Waals surface area contributed by atoms with Crippen molar-refractivity contribution in [2.24, 2.45) is 0 Å². The van der Waals surface area contributed by atoms with Gasteiger partial charge in [-0.15, -0.1) is 0 Å². The van der Waals surface area contributed by atoms with E-state index in [2.05, 4.69) is 42.4 Å². The maximum atomic E-state index is 4.48. The molecule has 16 heavy (non-hydrogen) atoms. The van der Waals surface area contributed by atoms with Crippen molar-refractivity contribution in [2.45, 2.75) is 26.7 Å². The molecule has 0 nitrogen and oxygen atoms in total. The van der Waals surface area contributed by atoms with Gasteiger partial charge in [-0.25, -0.2) is 0 Å². The molecular formula is C13H16Cl2Zr. The van der Waals surface area contributed by atoms with Gasteiger partial charge >= 0.3 is 94.2 Å². The van der Waals surface area contributed by atoms with Gasteiger partial charge < -0.3 is 24.8 Å². The molecule has 0 aromatic heterocycles. The smallest absolute Gasteiger partial charge is 1.00 e. The molecule has 0 fully saturated rings. The second-order valence-electron chi connectivity index (χ2n) is 4.13. The Bertz CT molecular complexity index is 412. The van der Waals surface area contributed by atoms with Crippen molar-refractivity contribution >= 4 is 4.21 Å². The van der Waals surface area contributed by atoms with Crippen LogP contribution < -0.4 is 24.8 Å². The topological polar surface area (TPSA) is 0 Å². The van der Waals surface area contributed by atoms with Gasteiger partial charge in [-0.3, -0.25) is 0 Å². The summed E-state index contributed by atoms with van der Waals surface area (Å²) in [4.78, 5) is 0. The van der Waals surface area contributed by atoms with Gasteiger partial charge in [-0.05, 0) is 0 Å². The fourth-order valence-electron chi connectivity index (χ4n) is 2.14. The SMILES string of the molecule is [CH2]=[Zr+2]([C]1=CC=CC1)[C]1=C(C)C=C(C)C1.[Cl-].[Cl-]. The van der Waals surface area contributed by atoms with Crippen LogP contribution in [0.25, 0.3) is 0 Å². The zero-order valence-corrected chi connectivity index (χ0v) is 13.7. The largest absolute Gasteiger partial charge is 1.00 e. The van der Waals surface area contributed by atoms with Crippen molar-refractivity contribution in [1.82, 2.24) is 0 Å². The Morgan fingerprint density at radius 1 is 1.25 bits per heavy atom. The summed E-state index contributed by atoms with van der Waals surface area (Å²) in [6, 6.07) is 0. The van der Waals surface area contributed by atoms with Crippen LogP contribution in [0.3, 0.4) is 0 Å². The molecule has 0 atom stereocenters. The Labute approximate surface area is 118 Å². The van der Waals surface area contributed by atoms with Crippen LogP contribution in [0, 0.1) is 0 Å². The quantitative estimate of drug-likeness (QED) is 0.524. The Morgan fingerprint density at radius 3 is 2.38 bits per heavy atom. The molecule has 0 aromatic carbocycles. The fraction of sp³-hybridized carbons (Fsp3) is 0.308. The first kappa shape index (κ1) is 16.3. The maximum Gasteiger partial charge on any atom is -1.00 e. The minimum atomic E-state index is -1.62. The monoisotopic (exact) mass is 332 g/mol. The summed E-state index contributed by atoms with van der Waals surface area (Å²) < 4.78 is 7.85. The number of hydrogen-bond donors (Lipinski definition) is 0. The van der Waals surface area contributed by atoms with Crippen LogP contribution in [0.5, 0.6) is 0 Å². The Hall–Kier alpha value is 0.293. The molecule has 2 rings (SSSR count). The van der Waals surface area contributed by atoms with Gasteiger partial charge in [-0.1, -0.05) is 0 Å².